The van der Waals surface area contributed by atoms with Crippen LogP contribution in [0.2, 0.25) is 0 Å². The van der Waals surface area contributed by atoms with Crippen LogP contribution < -0.4 is 0 Å². The highest BCUT2D eigenvalue weighted by molar-refractivity contribution is 5.75. The Kier molecular flexibility index (Phi) is 8.35. The SMILES string of the molecule is CC(C)CCCOC(=O)C1CCC(C(=O)OCCO)CC1. The Labute approximate surface area is 127 Å². The van der Waals surface area contributed by atoms with E-state index < -0.39 is 0 Å². The van der Waals surface area contributed by atoms with E-state index in [9.17, 15) is 9.59 Å². The van der Waals surface area contributed by atoms with Crippen molar-refractivity contribution in [3.63, 3.8) is 0 Å². The number of carbonyl (C=O) groups excluding carboxylic acids is 2. The van der Waals surface area contributed by atoms with Crippen molar-refractivity contribution in [3.8, 4) is 0 Å². The Hall–Kier alpha value is -1.10. The summed E-state index contributed by atoms with van der Waals surface area (Å²) in [4.78, 5) is 23.6. The first kappa shape index (κ1) is 18.0. The van der Waals surface area contributed by atoms with Crippen LogP contribution in [0.5, 0.6) is 0 Å². The quantitative estimate of drug-likeness (QED) is 0.550. The molecule has 5 nitrogen and oxygen atoms in total. The first-order valence-corrected chi connectivity index (χ1v) is 7.98. The number of ether oxygens (including phenoxy) is 2. The molecular formula is C16H28O5. The number of carbonyl (C=O) groups is 2. The lowest BCUT2D eigenvalue weighted by Gasteiger charge is -2.25. The maximum atomic E-state index is 11.9. The van der Waals surface area contributed by atoms with Gasteiger partial charge in [-0.15, -0.1) is 0 Å². The Morgan fingerprint density at radius 1 is 1.00 bits per heavy atom. The van der Waals surface area contributed by atoms with Crippen LogP contribution in [0.15, 0.2) is 0 Å². The third-order valence-corrected chi connectivity index (χ3v) is 3.90. The fourth-order valence-electron chi connectivity index (χ4n) is 2.61. The zero-order chi connectivity index (χ0) is 15.7. The molecule has 0 aromatic heterocycles. The summed E-state index contributed by atoms with van der Waals surface area (Å²) >= 11 is 0. The molecule has 1 aliphatic carbocycles. The van der Waals surface area contributed by atoms with Gasteiger partial charge in [-0.2, -0.15) is 0 Å². The molecule has 0 saturated heterocycles. The van der Waals surface area contributed by atoms with Gasteiger partial charge >= 0.3 is 11.9 Å². The Balaban J connectivity index is 2.19. The Morgan fingerprint density at radius 3 is 1.90 bits per heavy atom. The highest BCUT2D eigenvalue weighted by Gasteiger charge is 2.31. The molecule has 1 fully saturated rings. The van der Waals surface area contributed by atoms with Crippen molar-refractivity contribution in [2.75, 3.05) is 19.8 Å². The van der Waals surface area contributed by atoms with Crippen LogP contribution in [0.1, 0.15) is 52.4 Å². The molecule has 0 aromatic rings. The van der Waals surface area contributed by atoms with E-state index in [-0.39, 0.29) is 37.0 Å². The first-order chi connectivity index (χ1) is 10.0. The minimum absolute atomic E-state index is 0.0522. The number of hydrogen-bond acceptors (Lipinski definition) is 5. The molecule has 0 spiro atoms. The Morgan fingerprint density at radius 2 is 1.48 bits per heavy atom. The van der Waals surface area contributed by atoms with Gasteiger partial charge in [0, 0.05) is 0 Å². The summed E-state index contributed by atoms with van der Waals surface area (Å²) in [5, 5.41) is 8.63. The number of aliphatic hydroxyl groups is 1. The minimum Gasteiger partial charge on any atom is -0.465 e. The van der Waals surface area contributed by atoms with Crippen LogP contribution in [0.4, 0.5) is 0 Å². The van der Waals surface area contributed by atoms with Gasteiger partial charge in [0.2, 0.25) is 0 Å². The lowest BCUT2D eigenvalue weighted by Crippen LogP contribution is -2.28. The van der Waals surface area contributed by atoms with Gasteiger partial charge in [0.05, 0.1) is 25.0 Å². The second-order valence-electron chi connectivity index (χ2n) is 6.14. The van der Waals surface area contributed by atoms with Crippen LogP contribution in [-0.2, 0) is 19.1 Å². The molecule has 1 saturated carbocycles. The molecule has 0 amide bonds. The lowest BCUT2D eigenvalue weighted by atomic mass is 9.82. The van der Waals surface area contributed by atoms with E-state index in [1.165, 1.54) is 0 Å². The highest BCUT2D eigenvalue weighted by atomic mass is 16.5. The number of esters is 2. The molecule has 0 radical (unpaired) electrons. The summed E-state index contributed by atoms with van der Waals surface area (Å²) in [6, 6.07) is 0. The van der Waals surface area contributed by atoms with Crippen molar-refractivity contribution in [3.05, 3.63) is 0 Å². The molecule has 0 atom stereocenters. The molecule has 5 heteroatoms. The van der Waals surface area contributed by atoms with Gasteiger partial charge in [-0.25, -0.2) is 0 Å². The van der Waals surface area contributed by atoms with Crippen LogP contribution >= 0.6 is 0 Å². The van der Waals surface area contributed by atoms with Crippen LogP contribution in [-0.4, -0.2) is 36.9 Å². The molecule has 1 aliphatic rings. The maximum Gasteiger partial charge on any atom is 0.309 e. The standard InChI is InChI=1S/C16H28O5/c1-12(2)4-3-10-20-15(18)13-5-7-14(8-6-13)16(19)21-11-9-17/h12-14,17H,3-11H2,1-2H3. The molecule has 122 valence electrons. The molecule has 0 heterocycles. The predicted octanol–water partition coefficient (Wildman–Crippen LogP) is 2.31. The largest absolute Gasteiger partial charge is 0.465 e. The van der Waals surface area contributed by atoms with Gasteiger partial charge < -0.3 is 14.6 Å². The normalized spacial score (nSPS) is 22.1. The van der Waals surface area contributed by atoms with Gasteiger partial charge in [0.25, 0.3) is 0 Å². The smallest absolute Gasteiger partial charge is 0.309 e. The zero-order valence-corrected chi connectivity index (χ0v) is 13.2. The van der Waals surface area contributed by atoms with E-state index in [2.05, 4.69) is 13.8 Å². The molecule has 1 rings (SSSR count). The van der Waals surface area contributed by atoms with E-state index in [4.69, 9.17) is 14.6 Å². The summed E-state index contributed by atoms with van der Waals surface area (Å²) in [6.45, 7) is 4.70. The highest BCUT2D eigenvalue weighted by Crippen LogP contribution is 2.30. The predicted molar refractivity (Wildman–Crippen MR) is 78.5 cm³/mol. The number of aliphatic hydroxyl groups excluding tert-OH is 1. The summed E-state index contributed by atoms with van der Waals surface area (Å²) in [6.07, 6.45) is 4.67. The van der Waals surface area contributed by atoms with Crippen LogP contribution in [0, 0.1) is 17.8 Å². The van der Waals surface area contributed by atoms with Crippen LogP contribution in [0.25, 0.3) is 0 Å². The Bertz CT molecular complexity index is 319. The molecule has 0 unspecified atom stereocenters. The third kappa shape index (κ3) is 6.93. The van der Waals surface area contributed by atoms with Gasteiger partial charge in [-0.05, 0) is 44.4 Å². The minimum atomic E-state index is -0.257. The number of hydrogen-bond donors (Lipinski definition) is 1. The van der Waals surface area contributed by atoms with Crippen molar-refractivity contribution in [1.82, 2.24) is 0 Å². The van der Waals surface area contributed by atoms with E-state index in [1.54, 1.807) is 0 Å². The average Bonchev–Trinajstić information content (AvgIpc) is 2.49. The monoisotopic (exact) mass is 300 g/mol. The third-order valence-electron chi connectivity index (χ3n) is 3.90. The zero-order valence-electron chi connectivity index (χ0n) is 13.2. The van der Waals surface area contributed by atoms with Crippen molar-refractivity contribution in [1.29, 1.82) is 0 Å². The van der Waals surface area contributed by atoms with Crippen LogP contribution in [0.3, 0.4) is 0 Å². The second kappa shape index (κ2) is 9.77. The summed E-state index contributed by atoms with van der Waals surface area (Å²) < 4.78 is 10.2. The van der Waals surface area contributed by atoms with Crippen molar-refractivity contribution in [2.24, 2.45) is 17.8 Å². The van der Waals surface area contributed by atoms with E-state index >= 15 is 0 Å². The second-order valence-corrected chi connectivity index (χ2v) is 6.14. The van der Waals surface area contributed by atoms with Crippen molar-refractivity contribution < 1.29 is 24.2 Å². The van der Waals surface area contributed by atoms with Crippen molar-refractivity contribution >= 4 is 11.9 Å². The summed E-state index contributed by atoms with van der Waals surface area (Å²) in [5.41, 5.74) is 0. The van der Waals surface area contributed by atoms with E-state index in [0.29, 0.717) is 38.2 Å². The molecule has 21 heavy (non-hydrogen) atoms. The molecule has 1 N–H and O–H groups in total. The fourth-order valence-corrected chi connectivity index (χ4v) is 2.61. The fraction of sp³-hybridized carbons (Fsp3) is 0.875. The van der Waals surface area contributed by atoms with Gasteiger partial charge in [-0.3, -0.25) is 9.59 Å². The lowest BCUT2D eigenvalue weighted by molar-refractivity contribution is -0.155. The average molecular weight is 300 g/mol. The van der Waals surface area contributed by atoms with Gasteiger partial charge in [-0.1, -0.05) is 13.8 Å². The molecular weight excluding hydrogens is 272 g/mol. The topological polar surface area (TPSA) is 72.8 Å². The summed E-state index contributed by atoms with van der Waals surface area (Å²) in [5.74, 6) is 0.0327. The number of rotatable bonds is 8. The summed E-state index contributed by atoms with van der Waals surface area (Å²) in [7, 11) is 0. The van der Waals surface area contributed by atoms with E-state index in [0.717, 1.165) is 12.8 Å². The molecule has 0 aromatic carbocycles. The van der Waals surface area contributed by atoms with Gasteiger partial charge in [0.1, 0.15) is 6.61 Å². The van der Waals surface area contributed by atoms with Gasteiger partial charge in [0.15, 0.2) is 0 Å². The molecule has 0 bridgehead atoms. The van der Waals surface area contributed by atoms with Crippen molar-refractivity contribution in [2.45, 2.75) is 52.4 Å². The molecule has 0 aliphatic heterocycles. The maximum absolute atomic E-state index is 11.9. The van der Waals surface area contributed by atoms with E-state index in [1.807, 2.05) is 0 Å². The first-order valence-electron chi connectivity index (χ1n) is 7.98.